The lowest BCUT2D eigenvalue weighted by Gasteiger charge is -2.27. The maximum Gasteiger partial charge on any atom is 0.284 e. The molecule has 3 aliphatic rings. The number of morpholine rings is 1. The molecule has 2 saturated heterocycles. The van der Waals surface area contributed by atoms with Gasteiger partial charge in [-0.15, -0.1) is 0 Å². The molecule has 2 bridgehead atoms. The van der Waals surface area contributed by atoms with Crippen LogP contribution in [0.1, 0.15) is 60.6 Å². The minimum Gasteiger partial charge on any atom is -0.374 e. The number of nitrogens with one attached hydrogen (secondary N) is 1. The molecule has 1 aliphatic carbocycles. The summed E-state index contributed by atoms with van der Waals surface area (Å²) in [7, 11) is 0. The fourth-order valence-electron chi connectivity index (χ4n) is 5.40. The van der Waals surface area contributed by atoms with Crippen molar-refractivity contribution in [2.24, 2.45) is 5.92 Å². The number of fused-ring (bicyclic) bond motifs is 3. The smallest absolute Gasteiger partial charge is 0.284 e. The van der Waals surface area contributed by atoms with Crippen molar-refractivity contribution >= 4 is 29.3 Å². The standard InChI is InChI=1S/C23H25F2N7O3/c24-21(25)20-18(10-32(29-20)14-3-1-13(11-33)2-4-14)27-23(34)17-8-26-31-6-5-19(28-22(17)31)30-9-16-7-15(30)12-35-16/h5-6,8,10-11,13-16,21H,1-4,7,9,12H2,(H,27,34)/t13-,14+,15-,16-/m0/s1. The second kappa shape index (κ2) is 8.67. The Morgan fingerprint density at radius 3 is 2.74 bits per heavy atom. The van der Waals surface area contributed by atoms with Crippen LogP contribution in [0.2, 0.25) is 0 Å². The predicted molar refractivity (Wildman–Crippen MR) is 121 cm³/mol. The Morgan fingerprint density at radius 1 is 1.23 bits per heavy atom. The summed E-state index contributed by atoms with van der Waals surface area (Å²) in [5, 5.41) is 10.9. The zero-order chi connectivity index (χ0) is 24.1. The highest BCUT2D eigenvalue weighted by Gasteiger charge is 2.39. The Kier molecular flexibility index (Phi) is 5.47. The van der Waals surface area contributed by atoms with Crippen molar-refractivity contribution in [2.75, 3.05) is 23.4 Å². The average molecular weight is 485 g/mol. The summed E-state index contributed by atoms with van der Waals surface area (Å²) in [6, 6.07) is 2.02. The lowest BCUT2D eigenvalue weighted by atomic mass is 9.87. The molecular formula is C23H25F2N7O3. The first-order valence-corrected chi connectivity index (χ1v) is 11.9. The fraction of sp³-hybridized carbons (Fsp3) is 0.522. The van der Waals surface area contributed by atoms with Gasteiger partial charge < -0.3 is 19.7 Å². The van der Waals surface area contributed by atoms with E-state index in [2.05, 4.69) is 25.4 Å². The third-order valence-electron chi connectivity index (χ3n) is 7.32. The van der Waals surface area contributed by atoms with E-state index in [4.69, 9.17) is 4.74 Å². The highest BCUT2D eigenvalue weighted by Crippen LogP contribution is 2.35. The number of anilines is 2. The molecule has 1 amide bonds. The van der Waals surface area contributed by atoms with Crippen LogP contribution in [0.15, 0.2) is 24.7 Å². The van der Waals surface area contributed by atoms with Crippen molar-refractivity contribution in [3.05, 3.63) is 35.9 Å². The average Bonchev–Trinajstić information content (AvgIpc) is 3.66. The monoisotopic (exact) mass is 485 g/mol. The minimum absolute atomic E-state index is 0.00632. The number of rotatable bonds is 6. The molecule has 6 rings (SSSR count). The molecule has 3 fully saturated rings. The molecule has 1 N–H and O–H groups in total. The van der Waals surface area contributed by atoms with Crippen molar-refractivity contribution in [1.29, 1.82) is 0 Å². The molecule has 1 saturated carbocycles. The van der Waals surface area contributed by atoms with Gasteiger partial charge >= 0.3 is 0 Å². The van der Waals surface area contributed by atoms with Gasteiger partial charge in [0.25, 0.3) is 12.3 Å². The SMILES string of the molecule is O=C[C@H]1CC[C@@H](n2cc(NC(=O)c3cnn4ccc(N5C[C@@H]6C[C@H]5CO6)nc34)c(C(F)F)n2)CC1. The van der Waals surface area contributed by atoms with Gasteiger partial charge in [-0.1, -0.05) is 0 Å². The summed E-state index contributed by atoms with van der Waals surface area (Å²) in [6.07, 6.45) is 6.56. The third kappa shape index (κ3) is 3.95. The molecule has 12 heteroatoms. The number of aromatic nitrogens is 5. The van der Waals surface area contributed by atoms with Gasteiger partial charge in [0.2, 0.25) is 0 Å². The van der Waals surface area contributed by atoms with Crippen LogP contribution in [0.4, 0.5) is 20.3 Å². The Labute approximate surface area is 199 Å². The molecule has 0 radical (unpaired) electrons. The maximum absolute atomic E-state index is 13.8. The minimum atomic E-state index is -2.85. The summed E-state index contributed by atoms with van der Waals surface area (Å²) in [6.45, 7) is 1.40. The number of nitrogens with zero attached hydrogens (tertiary/aromatic N) is 6. The topological polar surface area (TPSA) is 107 Å². The van der Waals surface area contributed by atoms with Gasteiger partial charge in [-0.25, -0.2) is 18.3 Å². The summed E-state index contributed by atoms with van der Waals surface area (Å²) < 4.78 is 36.1. The van der Waals surface area contributed by atoms with E-state index in [1.165, 1.54) is 21.6 Å². The van der Waals surface area contributed by atoms with Gasteiger partial charge in [0, 0.05) is 24.9 Å². The summed E-state index contributed by atoms with van der Waals surface area (Å²) in [4.78, 5) is 31.0. The largest absolute Gasteiger partial charge is 0.374 e. The van der Waals surface area contributed by atoms with E-state index in [0.29, 0.717) is 37.9 Å². The Balaban J connectivity index is 1.25. The van der Waals surface area contributed by atoms with Gasteiger partial charge in [-0.05, 0) is 38.2 Å². The second-order valence-electron chi connectivity index (χ2n) is 9.48. The van der Waals surface area contributed by atoms with Crippen LogP contribution in [0.25, 0.3) is 5.65 Å². The second-order valence-corrected chi connectivity index (χ2v) is 9.48. The van der Waals surface area contributed by atoms with Gasteiger partial charge in [-0.3, -0.25) is 9.48 Å². The summed E-state index contributed by atoms with van der Waals surface area (Å²) >= 11 is 0. The van der Waals surface area contributed by atoms with Gasteiger partial charge in [0.1, 0.15) is 17.7 Å². The van der Waals surface area contributed by atoms with Crippen LogP contribution in [0.5, 0.6) is 0 Å². The normalized spacial score (nSPS) is 26.1. The Morgan fingerprint density at radius 2 is 2.06 bits per heavy atom. The lowest BCUT2D eigenvalue weighted by Crippen LogP contribution is -2.37. The van der Waals surface area contributed by atoms with Crippen LogP contribution in [0, 0.1) is 5.92 Å². The number of ether oxygens (including phenoxy) is 1. The zero-order valence-electron chi connectivity index (χ0n) is 18.9. The molecule has 0 spiro atoms. The van der Waals surface area contributed by atoms with Gasteiger partial charge in [0.05, 0.1) is 36.7 Å². The quantitative estimate of drug-likeness (QED) is 0.535. The highest BCUT2D eigenvalue weighted by atomic mass is 19.3. The van der Waals surface area contributed by atoms with Crippen LogP contribution in [0.3, 0.4) is 0 Å². The van der Waals surface area contributed by atoms with E-state index in [9.17, 15) is 18.4 Å². The van der Waals surface area contributed by atoms with E-state index in [-0.39, 0.29) is 35.4 Å². The number of amides is 1. The van der Waals surface area contributed by atoms with E-state index >= 15 is 0 Å². The van der Waals surface area contributed by atoms with Gasteiger partial charge in [-0.2, -0.15) is 10.2 Å². The molecule has 5 heterocycles. The first-order chi connectivity index (χ1) is 17.0. The molecule has 184 valence electrons. The van der Waals surface area contributed by atoms with Gasteiger partial charge in [0.15, 0.2) is 11.3 Å². The summed E-state index contributed by atoms with van der Waals surface area (Å²) in [5.74, 6) is 0.156. The third-order valence-corrected chi connectivity index (χ3v) is 7.32. The van der Waals surface area contributed by atoms with E-state index < -0.39 is 18.0 Å². The van der Waals surface area contributed by atoms with Crippen LogP contribution in [-0.2, 0) is 9.53 Å². The fourth-order valence-corrected chi connectivity index (χ4v) is 5.40. The molecule has 0 unspecified atom stereocenters. The highest BCUT2D eigenvalue weighted by molar-refractivity contribution is 6.08. The van der Waals surface area contributed by atoms with Crippen LogP contribution >= 0.6 is 0 Å². The maximum atomic E-state index is 13.8. The number of carbonyl (C=O) groups is 2. The lowest BCUT2D eigenvalue weighted by molar-refractivity contribution is -0.112. The molecule has 0 aromatic carbocycles. The molecule has 3 aromatic rings. The van der Waals surface area contributed by atoms with Crippen molar-refractivity contribution in [3.63, 3.8) is 0 Å². The summed E-state index contributed by atoms with van der Waals surface area (Å²) in [5.41, 5.74) is 0.0230. The molecule has 35 heavy (non-hydrogen) atoms. The van der Waals surface area contributed by atoms with Crippen molar-refractivity contribution in [2.45, 2.75) is 56.7 Å². The zero-order valence-corrected chi connectivity index (χ0v) is 18.9. The molecule has 10 nitrogen and oxygen atoms in total. The van der Waals surface area contributed by atoms with Crippen LogP contribution in [-0.4, -0.2) is 61.9 Å². The van der Waals surface area contributed by atoms with Crippen LogP contribution < -0.4 is 10.2 Å². The Bertz CT molecular complexity index is 1270. The van der Waals surface area contributed by atoms with E-state index in [0.717, 1.165) is 25.1 Å². The molecule has 3 aromatic heterocycles. The Hall–Kier alpha value is -3.41. The number of hydrogen-bond acceptors (Lipinski definition) is 7. The molecule has 2 aliphatic heterocycles. The molecule has 2 atom stereocenters. The number of halogens is 2. The number of carbonyl (C=O) groups excluding carboxylic acids is 2. The first kappa shape index (κ1) is 22.1. The van der Waals surface area contributed by atoms with Crippen molar-refractivity contribution < 1.29 is 23.1 Å². The number of alkyl halides is 2. The molecular weight excluding hydrogens is 460 g/mol. The van der Waals surface area contributed by atoms with Crippen molar-refractivity contribution in [1.82, 2.24) is 24.4 Å². The van der Waals surface area contributed by atoms with Crippen molar-refractivity contribution in [3.8, 4) is 0 Å². The van der Waals surface area contributed by atoms with E-state index in [1.54, 1.807) is 6.20 Å². The number of hydrogen-bond donors (Lipinski definition) is 1. The predicted octanol–water partition coefficient (Wildman–Crippen LogP) is 3.02. The number of aldehydes is 1. The van der Waals surface area contributed by atoms with E-state index in [1.807, 2.05) is 6.07 Å². The first-order valence-electron chi connectivity index (χ1n) is 11.9.